The van der Waals surface area contributed by atoms with Gasteiger partial charge in [0.1, 0.15) is 5.82 Å². The van der Waals surface area contributed by atoms with Crippen molar-refractivity contribution in [1.82, 2.24) is 0 Å². The Balaban J connectivity index is 2.64. The quantitative estimate of drug-likeness (QED) is 0.784. The molecule has 2 rings (SSSR count). The third kappa shape index (κ3) is 2.83. The molecule has 94 valence electrons. The molecule has 18 heavy (non-hydrogen) atoms. The van der Waals surface area contributed by atoms with Gasteiger partial charge in [0.05, 0.1) is 4.90 Å². The molecule has 0 aromatic heterocycles. The molecule has 0 aliphatic heterocycles. The molecule has 0 radical (unpaired) electrons. The van der Waals surface area contributed by atoms with Crippen molar-refractivity contribution in [2.24, 2.45) is 0 Å². The lowest BCUT2D eigenvalue weighted by molar-refractivity contribution is 0.608. The van der Waals surface area contributed by atoms with E-state index in [-0.39, 0.29) is 10.5 Å². The second-order valence-electron chi connectivity index (χ2n) is 3.59. The van der Waals surface area contributed by atoms with Crippen LogP contribution in [0.15, 0.2) is 47.4 Å². The van der Waals surface area contributed by atoms with Crippen molar-refractivity contribution in [1.29, 1.82) is 0 Å². The molecular weight excluding hydrogens is 298 g/mol. The minimum atomic E-state index is -3.89. The molecule has 0 aliphatic carbocycles. The molecule has 6 heteroatoms. The molecule has 0 saturated heterocycles. The van der Waals surface area contributed by atoms with E-state index in [4.69, 9.17) is 22.3 Å². The van der Waals surface area contributed by atoms with Gasteiger partial charge in [0.2, 0.25) is 0 Å². The van der Waals surface area contributed by atoms with E-state index in [1.807, 2.05) is 0 Å². The van der Waals surface area contributed by atoms with E-state index in [0.717, 1.165) is 12.1 Å². The van der Waals surface area contributed by atoms with E-state index < -0.39 is 14.9 Å². The van der Waals surface area contributed by atoms with Gasteiger partial charge in [-0.25, -0.2) is 12.8 Å². The summed E-state index contributed by atoms with van der Waals surface area (Å²) >= 11 is 5.81. The summed E-state index contributed by atoms with van der Waals surface area (Å²) in [7, 11) is 1.34. The minimum Gasteiger partial charge on any atom is -0.207 e. The zero-order valence-electron chi connectivity index (χ0n) is 8.90. The van der Waals surface area contributed by atoms with Crippen LogP contribution in [0.3, 0.4) is 0 Å². The molecule has 0 saturated carbocycles. The standard InChI is InChI=1S/C12H7Cl2FO2S/c13-9-3-1-2-8(6-9)11-7-10(18(14,16)17)4-5-12(11)15/h1-7H. The van der Waals surface area contributed by atoms with E-state index in [0.29, 0.717) is 10.6 Å². The van der Waals surface area contributed by atoms with Crippen molar-refractivity contribution in [3.05, 3.63) is 53.3 Å². The van der Waals surface area contributed by atoms with Crippen LogP contribution in [0.25, 0.3) is 11.1 Å². The van der Waals surface area contributed by atoms with Gasteiger partial charge in [0, 0.05) is 21.3 Å². The topological polar surface area (TPSA) is 34.1 Å². The van der Waals surface area contributed by atoms with E-state index in [1.165, 1.54) is 6.07 Å². The second kappa shape index (κ2) is 4.88. The summed E-state index contributed by atoms with van der Waals surface area (Å²) in [5.74, 6) is -0.540. The first kappa shape index (κ1) is 13.3. The molecule has 0 unspecified atom stereocenters. The van der Waals surface area contributed by atoms with Crippen LogP contribution < -0.4 is 0 Å². The first-order chi connectivity index (χ1) is 8.38. The SMILES string of the molecule is O=S(=O)(Cl)c1ccc(F)c(-c2cccc(Cl)c2)c1. The van der Waals surface area contributed by atoms with E-state index >= 15 is 0 Å². The third-order valence-electron chi connectivity index (χ3n) is 2.35. The lowest BCUT2D eigenvalue weighted by Gasteiger charge is -2.05. The van der Waals surface area contributed by atoms with Crippen molar-refractivity contribution < 1.29 is 12.8 Å². The molecular formula is C12H7Cl2FO2S. The molecule has 2 aromatic rings. The molecule has 0 aliphatic rings. The van der Waals surface area contributed by atoms with Gasteiger partial charge in [0.15, 0.2) is 0 Å². The summed E-state index contributed by atoms with van der Waals surface area (Å²) < 4.78 is 36.1. The summed E-state index contributed by atoms with van der Waals surface area (Å²) in [6.45, 7) is 0. The maximum absolute atomic E-state index is 13.7. The van der Waals surface area contributed by atoms with E-state index in [2.05, 4.69) is 0 Å². The molecule has 0 fully saturated rings. The Bertz CT molecular complexity index is 699. The fourth-order valence-electron chi connectivity index (χ4n) is 1.53. The van der Waals surface area contributed by atoms with Crippen LogP contribution in [-0.2, 0) is 9.05 Å². The predicted octanol–water partition coefficient (Wildman–Crippen LogP) is 4.07. The van der Waals surface area contributed by atoms with Crippen LogP contribution in [0.2, 0.25) is 5.02 Å². The van der Waals surface area contributed by atoms with Gasteiger partial charge in [-0.3, -0.25) is 0 Å². The van der Waals surface area contributed by atoms with Gasteiger partial charge in [-0.05, 0) is 35.9 Å². The monoisotopic (exact) mass is 304 g/mol. The highest BCUT2D eigenvalue weighted by Gasteiger charge is 2.14. The predicted molar refractivity (Wildman–Crippen MR) is 69.9 cm³/mol. The highest BCUT2D eigenvalue weighted by Crippen LogP contribution is 2.28. The molecule has 0 atom stereocenters. The summed E-state index contributed by atoms with van der Waals surface area (Å²) in [5.41, 5.74) is 0.626. The zero-order valence-corrected chi connectivity index (χ0v) is 11.2. The number of hydrogen-bond donors (Lipinski definition) is 0. The summed E-state index contributed by atoms with van der Waals surface area (Å²) in [6, 6.07) is 9.84. The first-order valence-electron chi connectivity index (χ1n) is 4.88. The van der Waals surface area contributed by atoms with Crippen molar-refractivity contribution in [3.63, 3.8) is 0 Å². The second-order valence-corrected chi connectivity index (χ2v) is 6.59. The molecule has 0 bridgehead atoms. The lowest BCUT2D eigenvalue weighted by Crippen LogP contribution is -1.93. The number of halogens is 3. The van der Waals surface area contributed by atoms with Gasteiger partial charge in [-0.15, -0.1) is 0 Å². The van der Waals surface area contributed by atoms with Crippen LogP contribution in [0.4, 0.5) is 4.39 Å². The average molecular weight is 305 g/mol. The van der Waals surface area contributed by atoms with Crippen LogP contribution in [0, 0.1) is 5.82 Å². The number of hydrogen-bond acceptors (Lipinski definition) is 2. The number of benzene rings is 2. The molecule has 2 aromatic carbocycles. The Labute approximate surface area is 113 Å². The van der Waals surface area contributed by atoms with Gasteiger partial charge >= 0.3 is 0 Å². The van der Waals surface area contributed by atoms with Gasteiger partial charge in [-0.1, -0.05) is 23.7 Å². The molecule has 0 N–H and O–H groups in total. The average Bonchev–Trinajstić information content (AvgIpc) is 2.28. The van der Waals surface area contributed by atoms with Crippen molar-refractivity contribution in [2.75, 3.05) is 0 Å². The van der Waals surface area contributed by atoms with Crippen LogP contribution in [-0.4, -0.2) is 8.42 Å². The molecule has 0 spiro atoms. The van der Waals surface area contributed by atoms with Crippen molar-refractivity contribution >= 4 is 31.3 Å². The lowest BCUT2D eigenvalue weighted by atomic mass is 10.1. The van der Waals surface area contributed by atoms with E-state index in [9.17, 15) is 12.8 Å². The normalized spacial score (nSPS) is 11.5. The summed E-state index contributed by atoms with van der Waals surface area (Å²) in [4.78, 5) is -0.152. The van der Waals surface area contributed by atoms with Gasteiger partial charge in [-0.2, -0.15) is 0 Å². The van der Waals surface area contributed by atoms with Crippen LogP contribution in [0.5, 0.6) is 0 Å². The summed E-state index contributed by atoms with van der Waals surface area (Å²) in [5, 5.41) is 0.436. The Morgan fingerprint density at radius 1 is 1.06 bits per heavy atom. The minimum absolute atomic E-state index is 0.138. The van der Waals surface area contributed by atoms with E-state index in [1.54, 1.807) is 24.3 Å². The van der Waals surface area contributed by atoms with Gasteiger partial charge < -0.3 is 0 Å². The number of rotatable bonds is 2. The first-order valence-corrected chi connectivity index (χ1v) is 7.57. The summed E-state index contributed by atoms with van der Waals surface area (Å²) in [6.07, 6.45) is 0. The Kier molecular flexibility index (Phi) is 3.61. The Hall–Kier alpha value is -1.10. The molecule has 0 amide bonds. The highest BCUT2D eigenvalue weighted by molar-refractivity contribution is 8.13. The third-order valence-corrected chi connectivity index (χ3v) is 3.94. The zero-order chi connectivity index (χ0) is 13.3. The Morgan fingerprint density at radius 3 is 2.39 bits per heavy atom. The van der Waals surface area contributed by atoms with Crippen LogP contribution >= 0.6 is 22.3 Å². The fourth-order valence-corrected chi connectivity index (χ4v) is 2.50. The molecule has 0 heterocycles. The maximum Gasteiger partial charge on any atom is 0.261 e. The highest BCUT2D eigenvalue weighted by atomic mass is 35.7. The van der Waals surface area contributed by atoms with Gasteiger partial charge in [0.25, 0.3) is 9.05 Å². The smallest absolute Gasteiger partial charge is 0.207 e. The van der Waals surface area contributed by atoms with Crippen molar-refractivity contribution in [3.8, 4) is 11.1 Å². The largest absolute Gasteiger partial charge is 0.261 e. The maximum atomic E-state index is 13.7. The van der Waals surface area contributed by atoms with Crippen LogP contribution in [0.1, 0.15) is 0 Å². The Morgan fingerprint density at radius 2 is 1.78 bits per heavy atom. The fraction of sp³-hybridized carbons (Fsp3) is 0. The molecule has 2 nitrogen and oxygen atoms in total. The van der Waals surface area contributed by atoms with Crippen molar-refractivity contribution in [2.45, 2.75) is 4.90 Å².